The summed E-state index contributed by atoms with van der Waals surface area (Å²) in [5.41, 5.74) is 2.11. The molecular formula is C25H31FN2O2S. The maximum Gasteiger partial charge on any atom is 0.263 e. The number of fused-ring (bicyclic) bond motifs is 1. The first kappa shape index (κ1) is 22.0. The van der Waals surface area contributed by atoms with E-state index in [2.05, 4.69) is 32.2 Å². The van der Waals surface area contributed by atoms with Gasteiger partial charge < -0.3 is 10.2 Å². The molecule has 4 nitrogen and oxygen atoms in total. The van der Waals surface area contributed by atoms with Crippen LogP contribution in [-0.4, -0.2) is 35.8 Å². The fourth-order valence-corrected chi connectivity index (χ4v) is 5.80. The maximum absolute atomic E-state index is 13.1. The lowest BCUT2D eigenvalue weighted by atomic mass is 9.72. The van der Waals surface area contributed by atoms with Gasteiger partial charge in [0.2, 0.25) is 0 Å². The van der Waals surface area contributed by atoms with Crippen LogP contribution in [0, 0.1) is 17.2 Å². The lowest BCUT2D eigenvalue weighted by Gasteiger charge is -2.33. The van der Waals surface area contributed by atoms with Crippen molar-refractivity contribution in [3.63, 3.8) is 0 Å². The summed E-state index contributed by atoms with van der Waals surface area (Å²) in [7, 11) is 0. The van der Waals surface area contributed by atoms with Crippen molar-refractivity contribution in [2.75, 3.05) is 13.1 Å². The molecule has 0 spiro atoms. The minimum Gasteiger partial charge on any atom is -0.349 e. The third-order valence-corrected chi connectivity index (χ3v) is 7.97. The van der Waals surface area contributed by atoms with Crippen molar-refractivity contribution in [1.29, 1.82) is 0 Å². The third-order valence-electron chi connectivity index (χ3n) is 6.74. The fourth-order valence-electron chi connectivity index (χ4n) is 4.62. The highest BCUT2D eigenvalue weighted by atomic mass is 32.1. The molecule has 1 atom stereocenters. The number of hydrogen-bond acceptors (Lipinski definition) is 3. The lowest BCUT2D eigenvalue weighted by molar-refractivity contribution is 0.0702. The summed E-state index contributed by atoms with van der Waals surface area (Å²) in [5.74, 6) is 0.240. The van der Waals surface area contributed by atoms with E-state index in [1.807, 2.05) is 4.90 Å². The van der Waals surface area contributed by atoms with Gasteiger partial charge in [-0.25, -0.2) is 4.39 Å². The first-order chi connectivity index (χ1) is 14.7. The van der Waals surface area contributed by atoms with Crippen molar-refractivity contribution in [2.45, 2.75) is 58.9 Å². The molecule has 31 heavy (non-hydrogen) atoms. The number of hydrogen-bond donors (Lipinski definition) is 1. The Bertz CT molecular complexity index is 953. The van der Waals surface area contributed by atoms with Crippen LogP contribution in [0.15, 0.2) is 30.3 Å². The number of nitrogens with one attached hydrogen (secondary N) is 1. The van der Waals surface area contributed by atoms with E-state index in [1.165, 1.54) is 41.1 Å². The summed E-state index contributed by atoms with van der Waals surface area (Å²) in [6.07, 6.45) is 4.81. The van der Waals surface area contributed by atoms with E-state index in [0.29, 0.717) is 30.0 Å². The number of halogens is 1. The normalized spacial score (nSPS) is 19.7. The van der Waals surface area contributed by atoms with Crippen LogP contribution in [-0.2, 0) is 12.8 Å². The zero-order chi connectivity index (χ0) is 22.2. The second-order valence-corrected chi connectivity index (χ2v) is 11.0. The van der Waals surface area contributed by atoms with Gasteiger partial charge >= 0.3 is 0 Å². The zero-order valence-electron chi connectivity index (χ0n) is 18.5. The van der Waals surface area contributed by atoms with Crippen molar-refractivity contribution >= 4 is 23.2 Å². The molecule has 1 aliphatic heterocycles. The standard InChI is InChI=1S/C25H31FN2O2S/c1-25(2,3)18-6-9-21-17(14-18)15-22(31-21)24(30)28-12-10-20(11-13-28)27-23(29)16-4-7-19(26)8-5-16/h4-5,7-8,15,18,20H,6,9-14H2,1-3H3,(H,27,29). The van der Waals surface area contributed by atoms with Gasteiger partial charge in [0, 0.05) is 29.6 Å². The predicted octanol–water partition coefficient (Wildman–Crippen LogP) is 5.07. The van der Waals surface area contributed by atoms with Gasteiger partial charge in [0.25, 0.3) is 11.8 Å². The molecule has 1 aromatic carbocycles. The van der Waals surface area contributed by atoms with Crippen molar-refractivity contribution in [3.8, 4) is 0 Å². The number of likely N-dealkylation sites (tertiary alicyclic amines) is 1. The number of benzene rings is 1. The molecule has 0 radical (unpaired) electrons. The summed E-state index contributed by atoms with van der Waals surface area (Å²) in [6.45, 7) is 8.20. The molecule has 2 aliphatic rings. The van der Waals surface area contributed by atoms with E-state index in [4.69, 9.17) is 0 Å². The summed E-state index contributed by atoms with van der Waals surface area (Å²) < 4.78 is 13.0. The van der Waals surface area contributed by atoms with Crippen LogP contribution in [0.5, 0.6) is 0 Å². The second kappa shape index (κ2) is 8.73. The van der Waals surface area contributed by atoms with Gasteiger partial charge in [0.05, 0.1) is 4.88 Å². The minimum absolute atomic E-state index is 0.0330. The number of carbonyl (C=O) groups excluding carboxylic acids is 2. The summed E-state index contributed by atoms with van der Waals surface area (Å²) in [6, 6.07) is 7.73. The zero-order valence-corrected chi connectivity index (χ0v) is 19.4. The molecular weight excluding hydrogens is 411 g/mol. The molecule has 1 N–H and O–H groups in total. The average molecular weight is 443 g/mol. The molecule has 2 heterocycles. The Hall–Kier alpha value is -2.21. The minimum atomic E-state index is -0.354. The van der Waals surface area contributed by atoms with Crippen LogP contribution >= 0.6 is 11.3 Å². The van der Waals surface area contributed by atoms with Crippen LogP contribution in [0.3, 0.4) is 0 Å². The lowest BCUT2D eigenvalue weighted by Crippen LogP contribution is -2.46. The van der Waals surface area contributed by atoms with E-state index in [9.17, 15) is 14.0 Å². The molecule has 1 saturated heterocycles. The highest BCUT2D eigenvalue weighted by Crippen LogP contribution is 2.40. The van der Waals surface area contributed by atoms with Crippen molar-refractivity contribution < 1.29 is 14.0 Å². The van der Waals surface area contributed by atoms with Crippen molar-refractivity contribution in [1.82, 2.24) is 10.2 Å². The molecule has 6 heteroatoms. The fraction of sp³-hybridized carbons (Fsp3) is 0.520. The molecule has 2 amide bonds. The smallest absolute Gasteiger partial charge is 0.263 e. The number of carbonyl (C=O) groups is 2. The molecule has 166 valence electrons. The Morgan fingerprint density at radius 1 is 1.10 bits per heavy atom. The first-order valence-corrected chi connectivity index (χ1v) is 12.0. The number of rotatable bonds is 3. The molecule has 2 aromatic rings. The molecule has 1 fully saturated rings. The Morgan fingerprint density at radius 3 is 2.42 bits per heavy atom. The highest BCUT2D eigenvalue weighted by Gasteiger charge is 2.32. The Kier molecular flexibility index (Phi) is 6.20. The molecule has 4 rings (SSSR count). The quantitative estimate of drug-likeness (QED) is 0.721. The van der Waals surface area contributed by atoms with E-state index >= 15 is 0 Å². The van der Waals surface area contributed by atoms with Crippen LogP contribution in [0.4, 0.5) is 4.39 Å². The first-order valence-electron chi connectivity index (χ1n) is 11.2. The van der Waals surface area contributed by atoms with Gasteiger partial charge in [-0.05, 0) is 79.3 Å². The number of thiophene rings is 1. The monoisotopic (exact) mass is 442 g/mol. The number of nitrogens with zero attached hydrogens (tertiary/aromatic N) is 1. The van der Waals surface area contributed by atoms with Crippen LogP contribution in [0.1, 0.15) is 70.5 Å². The van der Waals surface area contributed by atoms with Crippen molar-refractivity contribution in [2.24, 2.45) is 11.3 Å². The molecule has 1 aromatic heterocycles. The summed E-state index contributed by atoms with van der Waals surface area (Å²) >= 11 is 1.67. The predicted molar refractivity (Wildman–Crippen MR) is 122 cm³/mol. The SMILES string of the molecule is CC(C)(C)C1CCc2sc(C(=O)N3CCC(NC(=O)c4ccc(F)cc4)CC3)cc2C1. The van der Waals surface area contributed by atoms with Crippen molar-refractivity contribution in [3.05, 3.63) is 57.0 Å². The Labute approximate surface area is 187 Å². The Morgan fingerprint density at radius 2 is 1.77 bits per heavy atom. The van der Waals surface area contributed by atoms with E-state index in [1.54, 1.807) is 11.3 Å². The van der Waals surface area contributed by atoms with E-state index in [-0.39, 0.29) is 23.7 Å². The van der Waals surface area contributed by atoms with Gasteiger partial charge in [-0.1, -0.05) is 20.8 Å². The second-order valence-electron chi connectivity index (χ2n) is 9.91. The number of piperidine rings is 1. The van der Waals surface area contributed by atoms with Gasteiger partial charge in [-0.3, -0.25) is 9.59 Å². The maximum atomic E-state index is 13.1. The third kappa shape index (κ3) is 5.00. The number of amides is 2. The molecule has 1 unspecified atom stereocenters. The largest absolute Gasteiger partial charge is 0.349 e. The van der Waals surface area contributed by atoms with Gasteiger partial charge in [0.15, 0.2) is 0 Å². The topological polar surface area (TPSA) is 49.4 Å². The molecule has 0 bridgehead atoms. The molecule has 1 aliphatic carbocycles. The number of aryl methyl sites for hydroxylation is 1. The van der Waals surface area contributed by atoms with Crippen LogP contribution < -0.4 is 5.32 Å². The van der Waals surface area contributed by atoms with Gasteiger partial charge in [0.1, 0.15) is 5.82 Å². The van der Waals surface area contributed by atoms with Gasteiger partial charge in [-0.2, -0.15) is 0 Å². The van der Waals surface area contributed by atoms with Crippen LogP contribution in [0.25, 0.3) is 0 Å². The molecule has 0 saturated carbocycles. The van der Waals surface area contributed by atoms with Crippen LogP contribution in [0.2, 0.25) is 0 Å². The average Bonchev–Trinajstić information content (AvgIpc) is 3.17. The highest BCUT2D eigenvalue weighted by molar-refractivity contribution is 7.14. The van der Waals surface area contributed by atoms with Gasteiger partial charge in [-0.15, -0.1) is 11.3 Å². The summed E-state index contributed by atoms with van der Waals surface area (Å²) in [5, 5.41) is 3.02. The van der Waals surface area contributed by atoms with E-state index in [0.717, 1.165) is 30.6 Å². The van der Waals surface area contributed by atoms with E-state index < -0.39 is 0 Å². The summed E-state index contributed by atoms with van der Waals surface area (Å²) in [4.78, 5) is 29.6. The Balaban J connectivity index is 1.32.